The maximum Gasteiger partial charge on any atom is 0.231 e. The van der Waals surface area contributed by atoms with Crippen molar-refractivity contribution in [3.8, 4) is 6.07 Å². The van der Waals surface area contributed by atoms with Crippen LogP contribution in [0.2, 0.25) is 0 Å². The summed E-state index contributed by atoms with van der Waals surface area (Å²) < 4.78 is 5.31. The molecule has 0 unspecified atom stereocenters. The summed E-state index contributed by atoms with van der Waals surface area (Å²) in [5.41, 5.74) is 0.140. The molecule has 6 heteroatoms. The summed E-state index contributed by atoms with van der Waals surface area (Å²) in [5, 5.41) is 9.01. The van der Waals surface area contributed by atoms with E-state index in [4.69, 9.17) is 10.00 Å². The first-order chi connectivity index (χ1) is 11.7. The number of anilines is 1. The first kappa shape index (κ1) is 16.7. The van der Waals surface area contributed by atoms with Crippen molar-refractivity contribution in [2.75, 3.05) is 44.8 Å². The van der Waals surface area contributed by atoms with E-state index >= 15 is 0 Å². The van der Waals surface area contributed by atoms with Crippen molar-refractivity contribution in [2.24, 2.45) is 5.41 Å². The number of rotatable bonds is 4. The van der Waals surface area contributed by atoms with E-state index in [2.05, 4.69) is 16.0 Å². The second-order valence-electron chi connectivity index (χ2n) is 6.69. The number of pyridine rings is 1. The molecule has 6 nitrogen and oxygen atoms in total. The van der Waals surface area contributed by atoms with Gasteiger partial charge < -0.3 is 14.5 Å². The number of hydrogen-bond acceptors (Lipinski definition) is 5. The van der Waals surface area contributed by atoms with E-state index in [1.807, 2.05) is 17.0 Å². The van der Waals surface area contributed by atoms with E-state index in [0.29, 0.717) is 18.8 Å². The van der Waals surface area contributed by atoms with Crippen LogP contribution in [0.4, 0.5) is 5.82 Å². The number of carbonyl (C=O) groups excluding carboxylic acids is 1. The van der Waals surface area contributed by atoms with E-state index in [-0.39, 0.29) is 11.3 Å². The molecule has 0 N–H and O–H groups in total. The summed E-state index contributed by atoms with van der Waals surface area (Å²) in [6, 6.07) is 7.58. The van der Waals surface area contributed by atoms with Crippen molar-refractivity contribution < 1.29 is 9.53 Å². The minimum atomic E-state index is -0.289. The molecular weight excluding hydrogens is 304 g/mol. The Balaban J connectivity index is 1.66. The van der Waals surface area contributed by atoms with Crippen molar-refractivity contribution in [3.05, 3.63) is 23.9 Å². The highest BCUT2D eigenvalue weighted by molar-refractivity contribution is 5.84. The molecule has 1 amide bonds. The molecule has 1 aromatic heterocycles. The number of carbonyl (C=O) groups is 1. The number of hydrogen-bond donors (Lipinski definition) is 0. The molecular formula is C18H24N4O2. The predicted molar refractivity (Wildman–Crippen MR) is 90.5 cm³/mol. The van der Waals surface area contributed by atoms with Crippen LogP contribution in [0.3, 0.4) is 0 Å². The van der Waals surface area contributed by atoms with E-state index in [1.165, 1.54) is 0 Å². The standard InChI is InChI=1S/C18H24N4O2/c1-24-14-18(7-3-8-18)17(23)22-10-4-9-21(11-12-22)16-6-2-5-15(13-19)20-16/h2,5-6H,3-4,7-12,14H2,1H3. The molecule has 2 fully saturated rings. The number of ether oxygens (including phenoxy) is 1. The van der Waals surface area contributed by atoms with Gasteiger partial charge in [-0.3, -0.25) is 4.79 Å². The van der Waals surface area contributed by atoms with Gasteiger partial charge in [-0.2, -0.15) is 5.26 Å². The number of aromatic nitrogens is 1. The topological polar surface area (TPSA) is 69.5 Å². The van der Waals surface area contributed by atoms with Crippen LogP contribution in [0.5, 0.6) is 0 Å². The smallest absolute Gasteiger partial charge is 0.231 e. The van der Waals surface area contributed by atoms with Gasteiger partial charge in [-0.1, -0.05) is 12.5 Å². The van der Waals surface area contributed by atoms with Crippen molar-refractivity contribution in [2.45, 2.75) is 25.7 Å². The molecule has 2 aliphatic rings. The number of amides is 1. The Hall–Kier alpha value is -2.13. The summed E-state index contributed by atoms with van der Waals surface area (Å²) in [6.07, 6.45) is 3.89. The number of nitrogens with zero attached hydrogens (tertiary/aromatic N) is 4. The molecule has 1 saturated heterocycles. The largest absolute Gasteiger partial charge is 0.384 e. The van der Waals surface area contributed by atoms with Crippen LogP contribution in [-0.2, 0) is 9.53 Å². The van der Waals surface area contributed by atoms with Crippen LogP contribution >= 0.6 is 0 Å². The van der Waals surface area contributed by atoms with Crippen LogP contribution < -0.4 is 4.90 Å². The van der Waals surface area contributed by atoms with E-state index in [0.717, 1.165) is 51.1 Å². The zero-order valence-corrected chi connectivity index (χ0v) is 14.2. The van der Waals surface area contributed by atoms with Gasteiger partial charge in [-0.25, -0.2) is 4.98 Å². The van der Waals surface area contributed by atoms with Gasteiger partial charge in [0.2, 0.25) is 5.91 Å². The zero-order valence-electron chi connectivity index (χ0n) is 14.2. The molecule has 0 bridgehead atoms. The third-order valence-electron chi connectivity index (χ3n) is 5.14. The predicted octanol–water partition coefficient (Wildman–Crippen LogP) is 1.81. The lowest BCUT2D eigenvalue weighted by atomic mass is 9.68. The van der Waals surface area contributed by atoms with Crippen LogP contribution in [-0.4, -0.2) is 55.7 Å². The second kappa shape index (κ2) is 7.18. The summed E-state index contributed by atoms with van der Waals surface area (Å²) in [7, 11) is 1.67. The molecule has 3 rings (SSSR count). The lowest BCUT2D eigenvalue weighted by molar-refractivity contribution is -0.151. The van der Waals surface area contributed by atoms with Gasteiger partial charge in [0, 0.05) is 33.3 Å². The average Bonchev–Trinajstić information content (AvgIpc) is 2.83. The fourth-order valence-electron chi connectivity index (χ4n) is 3.65. The molecule has 0 aromatic carbocycles. The quantitative estimate of drug-likeness (QED) is 0.843. The lowest BCUT2D eigenvalue weighted by Crippen LogP contribution is -2.51. The summed E-state index contributed by atoms with van der Waals surface area (Å²) in [6.45, 7) is 3.60. The van der Waals surface area contributed by atoms with E-state index in [9.17, 15) is 4.79 Å². The summed E-state index contributed by atoms with van der Waals surface area (Å²) in [5.74, 6) is 1.06. The van der Waals surface area contributed by atoms with Gasteiger partial charge in [0.25, 0.3) is 0 Å². The highest BCUT2D eigenvalue weighted by atomic mass is 16.5. The molecule has 0 spiro atoms. The Morgan fingerprint density at radius 1 is 1.29 bits per heavy atom. The van der Waals surface area contributed by atoms with Crippen LogP contribution in [0.15, 0.2) is 18.2 Å². The second-order valence-corrected chi connectivity index (χ2v) is 6.69. The highest BCUT2D eigenvalue weighted by Gasteiger charge is 2.46. The third kappa shape index (κ3) is 3.22. The Kier molecular flexibility index (Phi) is 5.00. The minimum absolute atomic E-state index is 0.246. The van der Waals surface area contributed by atoms with Crippen molar-refractivity contribution in [1.29, 1.82) is 5.26 Å². The molecule has 1 aliphatic heterocycles. The highest BCUT2D eigenvalue weighted by Crippen LogP contribution is 2.42. The van der Waals surface area contributed by atoms with E-state index < -0.39 is 0 Å². The van der Waals surface area contributed by atoms with Gasteiger partial charge in [-0.05, 0) is 31.4 Å². The van der Waals surface area contributed by atoms with Gasteiger partial charge in [0.05, 0.1) is 12.0 Å². The minimum Gasteiger partial charge on any atom is -0.384 e. The molecule has 0 radical (unpaired) electrons. The molecule has 1 aliphatic carbocycles. The Bertz CT molecular complexity index is 636. The molecule has 128 valence electrons. The van der Waals surface area contributed by atoms with Gasteiger partial charge in [-0.15, -0.1) is 0 Å². The first-order valence-electron chi connectivity index (χ1n) is 8.59. The van der Waals surface area contributed by atoms with Crippen LogP contribution in [0.25, 0.3) is 0 Å². The normalized spacial score (nSPS) is 20.0. The van der Waals surface area contributed by atoms with Crippen molar-refractivity contribution >= 4 is 11.7 Å². The van der Waals surface area contributed by atoms with Gasteiger partial charge >= 0.3 is 0 Å². The number of nitriles is 1. The van der Waals surface area contributed by atoms with E-state index in [1.54, 1.807) is 13.2 Å². The summed E-state index contributed by atoms with van der Waals surface area (Å²) >= 11 is 0. The maximum absolute atomic E-state index is 13.0. The molecule has 2 heterocycles. The average molecular weight is 328 g/mol. The third-order valence-corrected chi connectivity index (χ3v) is 5.14. The SMILES string of the molecule is COCC1(C(=O)N2CCCN(c3cccc(C#N)n3)CC2)CCC1. The maximum atomic E-state index is 13.0. The molecule has 1 aromatic rings. The fraction of sp³-hybridized carbons (Fsp3) is 0.611. The Morgan fingerprint density at radius 3 is 2.79 bits per heavy atom. The zero-order chi connectivity index (χ0) is 17.0. The van der Waals surface area contributed by atoms with Crippen molar-refractivity contribution in [1.82, 2.24) is 9.88 Å². The van der Waals surface area contributed by atoms with Crippen LogP contribution in [0, 0.1) is 16.7 Å². The van der Waals surface area contributed by atoms with Gasteiger partial charge in [0.1, 0.15) is 17.6 Å². The lowest BCUT2D eigenvalue weighted by Gasteiger charge is -2.42. The van der Waals surface area contributed by atoms with Gasteiger partial charge in [0.15, 0.2) is 0 Å². The molecule has 0 atom stereocenters. The van der Waals surface area contributed by atoms with Crippen molar-refractivity contribution in [3.63, 3.8) is 0 Å². The van der Waals surface area contributed by atoms with Crippen LogP contribution in [0.1, 0.15) is 31.4 Å². The Morgan fingerprint density at radius 2 is 2.12 bits per heavy atom. The molecule has 24 heavy (non-hydrogen) atoms. The first-order valence-corrected chi connectivity index (χ1v) is 8.59. The molecule has 1 saturated carbocycles. The summed E-state index contributed by atoms with van der Waals surface area (Å²) in [4.78, 5) is 21.5. The monoisotopic (exact) mass is 328 g/mol. The number of methoxy groups -OCH3 is 1. The Labute approximate surface area is 143 Å². The fourth-order valence-corrected chi connectivity index (χ4v) is 3.65.